The van der Waals surface area contributed by atoms with Gasteiger partial charge in [0.2, 0.25) is 0 Å². The van der Waals surface area contributed by atoms with E-state index in [1.165, 1.54) is 5.57 Å². The van der Waals surface area contributed by atoms with Gasteiger partial charge < -0.3 is 9.47 Å². The molecule has 0 amide bonds. The van der Waals surface area contributed by atoms with Crippen LogP contribution < -0.4 is 0 Å². The Bertz CT molecular complexity index is 771. The fourth-order valence-corrected chi connectivity index (χ4v) is 8.26. The highest BCUT2D eigenvalue weighted by molar-refractivity contribution is 5.91. The van der Waals surface area contributed by atoms with Crippen molar-refractivity contribution in [3.05, 3.63) is 11.6 Å². The molecule has 0 aromatic carbocycles. The van der Waals surface area contributed by atoms with E-state index in [1.807, 2.05) is 6.08 Å². The Morgan fingerprint density at radius 1 is 1.07 bits per heavy atom. The summed E-state index contributed by atoms with van der Waals surface area (Å²) in [6.07, 6.45) is 9.95. The summed E-state index contributed by atoms with van der Waals surface area (Å²) in [6, 6.07) is 0. The first-order valence-electron chi connectivity index (χ1n) is 11.3. The molecule has 1 aliphatic heterocycles. The van der Waals surface area contributed by atoms with E-state index < -0.39 is 5.60 Å². The van der Waals surface area contributed by atoms with Gasteiger partial charge in [0, 0.05) is 11.8 Å². The zero-order chi connectivity index (χ0) is 19.9. The molecule has 4 nitrogen and oxygen atoms in total. The molecule has 0 spiro atoms. The highest BCUT2D eigenvalue weighted by Crippen LogP contribution is 2.73. The van der Waals surface area contributed by atoms with Gasteiger partial charge in [-0.05, 0) is 81.6 Å². The number of Topliss-reactive ketones (excluding diaryl/α,β-unsaturated/α-hetero) is 1. The third-order valence-electron chi connectivity index (χ3n) is 9.79. The minimum Gasteiger partial charge on any atom is -0.345 e. The van der Waals surface area contributed by atoms with Crippen molar-refractivity contribution in [3.63, 3.8) is 0 Å². The molecular formula is C24H34O4. The summed E-state index contributed by atoms with van der Waals surface area (Å²) in [5.74, 6) is 1.46. The predicted molar refractivity (Wildman–Crippen MR) is 106 cm³/mol. The van der Waals surface area contributed by atoms with Crippen molar-refractivity contribution in [2.24, 2.45) is 22.7 Å². The first-order valence-corrected chi connectivity index (χ1v) is 11.3. The average Bonchev–Trinajstić information content (AvgIpc) is 2.80. The lowest BCUT2D eigenvalue weighted by Gasteiger charge is -2.66. The van der Waals surface area contributed by atoms with Crippen molar-refractivity contribution in [2.75, 3.05) is 0 Å². The van der Waals surface area contributed by atoms with Crippen LogP contribution in [0.5, 0.6) is 0 Å². The number of carbonyl (C=O) groups is 2. The van der Waals surface area contributed by atoms with E-state index in [9.17, 15) is 9.59 Å². The van der Waals surface area contributed by atoms with Gasteiger partial charge in [0.05, 0.1) is 5.60 Å². The second-order valence-electron chi connectivity index (χ2n) is 10.5. The molecule has 5 aliphatic rings. The summed E-state index contributed by atoms with van der Waals surface area (Å²) < 4.78 is 13.3. The Hall–Kier alpha value is -1.00. The fourth-order valence-electron chi connectivity index (χ4n) is 8.26. The van der Waals surface area contributed by atoms with Gasteiger partial charge in [-0.1, -0.05) is 26.3 Å². The molecule has 1 saturated heterocycles. The van der Waals surface area contributed by atoms with Crippen molar-refractivity contribution in [3.8, 4) is 0 Å². The van der Waals surface area contributed by atoms with Crippen molar-refractivity contribution < 1.29 is 19.1 Å². The maximum Gasteiger partial charge on any atom is 0.162 e. The molecule has 0 aromatic rings. The third-order valence-corrected chi connectivity index (χ3v) is 9.79. The van der Waals surface area contributed by atoms with E-state index in [0.29, 0.717) is 24.0 Å². The summed E-state index contributed by atoms with van der Waals surface area (Å²) in [7, 11) is 0. The van der Waals surface area contributed by atoms with Gasteiger partial charge in [-0.25, -0.2) is 0 Å². The molecule has 3 saturated carbocycles. The minimum absolute atomic E-state index is 0.109. The zero-order valence-electron chi connectivity index (χ0n) is 17.8. The molecule has 0 N–H and O–H groups in total. The van der Waals surface area contributed by atoms with E-state index in [1.54, 1.807) is 6.92 Å². The van der Waals surface area contributed by atoms with Crippen LogP contribution in [0.2, 0.25) is 0 Å². The van der Waals surface area contributed by atoms with Gasteiger partial charge in [0.15, 0.2) is 17.9 Å². The van der Waals surface area contributed by atoms with E-state index in [-0.39, 0.29) is 28.5 Å². The molecule has 28 heavy (non-hydrogen) atoms. The molecule has 0 radical (unpaired) electrons. The van der Waals surface area contributed by atoms with Gasteiger partial charge in [-0.2, -0.15) is 0 Å². The molecule has 2 bridgehead atoms. The first kappa shape index (κ1) is 19.0. The van der Waals surface area contributed by atoms with Crippen LogP contribution in [-0.2, 0) is 19.1 Å². The van der Waals surface area contributed by atoms with Gasteiger partial charge in [0.1, 0.15) is 5.60 Å². The summed E-state index contributed by atoms with van der Waals surface area (Å²) in [5.41, 5.74) is 0.283. The monoisotopic (exact) mass is 386 g/mol. The number of hydrogen-bond acceptors (Lipinski definition) is 4. The SMILES string of the molecule is CCC1O[C@]2(C(C)=O)CC[C@@]3(O1)[C@@H]1CCC4=CC(=O)CC[C@]4(C)[C@H]1CC[C@]23C. The van der Waals surface area contributed by atoms with Crippen molar-refractivity contribution in [2.45, 2.75) is 103 Å². The van der Waals surface area contributed by atoms with Gasteiger partial charge >= 0.3 is 0 Å². The third kappa shape index (κ3) is 1.99. The van der Waals surface area contributed by atoms with Crippen molar-refractivity contribution in [1.82, 2.24) is 0 Å². The Morgan fingerprint density at radius 3 is 2.57 bits per heavy atom. The summed E-state index contributed by atoms with van der Waals surface area (Å²) >= 11 is 0. The van der Waals surface area contributed by atoms with E-state index in [0.717, 1.165) is 51.4 Å². The standard InChI is InChI=1S/C24H34O4/c1-5-20-27-23(15(2)25)12-13-24(28-20)19-7-6-16-14-17(26)8-10-21(16,3)18(19)9-11-22(23,24)4/h14,18-20H,5-13H2,1-4H3/t18-,19+,20?,21-,22+,23-,24+/m0/s1. The lowest BCUT2D eigenvalue weighted by atomic mass is 9.44. The van der Waals surface area contributed by atoms with Crippen molar-refractivity contribution >= 4 is 11.6 Å². The summed E-state index contributed by atoms with van der Waals surface area (Å²) in [6.45, 7) is 8.49. The summed E-state index contributed by atoms with van der Waals surface area (Å²) in [4.78, 5) is 25.0. The van der Waals surface area contributed by atoms with E-state index in [2.05, 4.69) is 20.8 Å². The van der Waals surface area contributed by atoms with Crippen LogP contribution in [0.1, 0.15) is 85.5 Å². The van der Waals surface area contributed by atoms with Crippen LogP contribution in [0.4, 0.5) is 0 Å². The van der Waals surface area contributed by atoms with Crippen LogP contribution >= 0.6 is 0 Å². The smallest absolute Gasteiger partial charge is 0.162 e. The topological polar surface area (TPSA) is 52.6 Å². The number of fused-ring (bicyclic) bond motifs is 3. The van der Waals surface area contributed by atoms with Crippen LogP contribution in [0.25, 0.3) is 0 Å². The van der Waals surface area contributed by atoms with Crippen LogP contribution in [-0.4, -0.2) is 29.1 Å². The highest BCUT2D eigenvalue weighted by atomic mass is 16.7. The van der Waals surface area contributed by atoms with E-state index in [4.69, 9.17) is 9.47 Å². The predicted octanol–water partition coefficient (Wildman–Crippen LogP) is 4.75. The number of rotatable bonds is 2. The van der Waals surface area contributed by atoms with Crippen molar-refractivity contribution in [1.29, 1.82) is 0 Å². The highest BCUT2D eigenvalue weighted by Gasteiger charge is 2.77. The Morgan fingerprint density at radius 2 is 1.86 bits per heavy atom. The molecule has 4 aliphatic carbocycles. The molecule has 4 fully saturated rings. The van der Waals surface area contributed by atoms with E-state index >= 15 is 0 Å². The number of ketones is 2. The van der Waals surface area contributed by atoms with Crippen LogP contribution in [0.3, 0.4) is 0 Å². The minimum atomic E-state index is -0.684. The largest absolute Gasteiger partial charge is 0.345 e. The van der Waals surface area contributed by atoms with Gasteiger partial charge in [0.25, 0.3) is 0 Å². The molecular weight excluding hydrogens is 352 g/mol. The number of carbonyl (C=O) groups excluding carboxylic acids is 2. The lowest BCUT2D eigenvalue weighted by Crippen LogP contribution is -2.71. The quantitative estimate of drug-likeness (QED) is 0.687. The Kier molecular flexibility index (Phi) is 3.92. The average molecular weight is 387 g/mol. The molecule has 0 aromatic heterocycles. The lowest BCUT2D eigenvalue weighted by molar-refractivity contribution is -0.369. The zero-order valence-corrected chi connectivity index (χ0v) is 17.8. The molecule has 5 rings (SSSR count). The Labute approximate surface area is 168 Å². The first-order chi connectivity index (χ1) is 13.2. The molecule has 4 heteroatoms. The normalized spacial score (nSPS) is 52.4. The van der Waals surface area contributed by atoms with Crippen LogP contribution in [0.15, 0.2) is 11.6 Å². The number of allylic oxidation sites excluding steroid dienone is 1. The van der Waals surface area contributed by atoms with Gasteiger partial charge in [-0.15, -0.1) is 0 Å². The molecule has 1 heterocycles. The van der Waals surface area contributed by atoms with Crippen LogP contribution in [0, 0.1) is 22.7 Å². The Balaban J connectivity index is 1.62. The second kappa shape index (κ2) is 5.78. The molecule has 1 unspecified atom stereocenters. The summed E-state index contributed by atoms with van der Waals surface area (Å²) in [5, 5.41) is 0. The maximum absolute atomic E-state index is 13.0. The maximum atomic E-state index is 13.0. The molecule has 7 atom stereocenters. The van der Waals surface area contributed by atoms with Gasteiger partial charge in [-0.3, -0.25) is 9.59 Å². The fraction of sp³-hybridized carbons (Fsp3) is 0.833. The number of ether oxygens (including phenoxy) is 2. The second-order valence-corrected chi connectivity index (χ2v) is 10.5. The molecule has 154 valence electrons. The number of hydrogen-bond donors (Lipinski definition) is 0.